The number of rotatable bonds is 2. The van der Waals surface area contributed by atoms with Crippen molar-refractivity contribution in [1.82, 2.24) is 9.78 Å². The van der Waals surface area contributed by atoms with Crippen molar-refractivity contribution >= 4 is 17.9 Å². The van der Waals surface area contributed by atoms with Crippen LogP contribution < -0.4 is 0 Å². The van der Waals surface area contributed by atoms with E-state index in [1.54, 1.807) is 0 Å². The van der Waals surface area contributed by atoms with Gasteiger partial charge in [-0.15, -0.1) is 0 Å². The van der Waals surface area contributed by atoms with Gasteiger partial charge >= 0.3 is 6.18 Å². The summed E-state index contributed by atoms with van der Waals surface area (Å²) in [6.45, 7) is 0. The molecular weight excluding hydrogens is 269 g/mol. The fourth-order valence-electron chi connectivity index (χ4n) is 1.46. The van der Waals surface area contributed by atoms with Crippen molar-refractivity contribution in [2.75, 3.05) is 0 Å². The van der Waals surface area contributed by atoms with Crippen molar-refractivity contribution < 1.29 is 18.0 Å². The fraction of sp³-hybridized carbons (Fsp3) is 0.0909. The van der Waals surface area contributed by atoms with Crippen LogP contribution in [0.25, 0.3) is 5.69 Å². The molecule has 0 unspecified atom stereocenters. The van der Waals surface area contributed by atoms with Crippen LogP contribution in [0.5, 0.6) is 0 Å². The number of carbonyl (C=O) groups is 1. The molecule has 0 saturated carbocycles. The Balaban J connectivity index is 2.63. The minimum Gasteiger partial charge on any atom is -0.296 e. The van der Waals surface area contributed by atoms with E-state index < -0.39 is 11.9 Å². The van der Waals surface area contributed by atoms with E-state index >= 15 is 0 Å². The molecule has 0 aliphatic carbocycles. The van der Waals surface area contributed by atoms with Gasteiger partial charge in [0.25, 0.3) is 0 Å². The van der Waals surface area contributed by atoms with Crippen molar-refractivity contribution in [3.05, 3.63) is 46.7 Å². The van der Waals surface area contributed by atoms with Crippen molar-refractivity contribution in [3.8, 4) is 5.69 Å². The van der Waals surface area contributed by atoms with E-state index in [0.717, 1.165) is 0 Å². The van der Waals surface area contributed by atoms with Gasteiger partial charge in [-0.05, 0) is 24.3 Å². The van der Waals surface area contributed by atoms with Gasteiger partial charge < -0.3 is 0 Å². The predicted molar refractivity (Wildman–Crippen MR) is 59.0 cm³/mol. The number of alkyl halides is 3. The molecule has 0 saturated heterocycles. The molecule has 0 bridgehead atoms. The van der Waals surface area contributed by atoms with Gasteiger partial charge in [0.15, 0.2) is 6.29 Å². The van der Waals surface area contributed by atoms with Gasteiger partial charge in [-0.1, -0.05) is 17.7 Å². The van der Waals surface area contributed by atoms with Gasteiger partial charge in [0, 0.05) is 5.02 Å². The summed E-state index contributed by atoms with van der Waals surface area (Å²) in [5, 5.41) is 3.86. The molecule has 3 nitrogen and oxygen atoms in total. The molecule has 18 heavy (non-hydrogen) atoms. The van der Waals surface area contributed by atoms with E-state index in [4.69, 9.17) is 11.6 Å². The van der Waals surface area contributed by atoms with E-state index in [-0.39, 0.29) is 22.7 Å². The molecule has 0 spiro atoms. The van der Waals surface area contributed by atoms with Crippen molar-refractivity contribution in [2.24, 2.45) is 0 Å². The Kier molecular flexibility index (Phi) is 3.13. The summed E-state index contributed by atoms with van der Waals surface area (Å²) in [4.78, 5) is 10.5. The Bertz CT molecular complexity index is 592. The van der Waals surface area contributed by atoms with E-state index in [9.17, 15) is 18.0 Å². The fourth-order valence-corrected chi connectivity index (χ4v) is 1.65. The molecule has 2 aromatic rings. The third-order valence-corrected chi connectivity index (χ3v) is 2.43. The van der Waals surface area contributed by atoms with Crippen LogP contribution in [0, 0.1) is 0 Å². The summed E-state index contributed by atoms with van der Waals surface area (Å²) in [6, 6.07) is 6.47. The van der Waals surface area contributed by atoms with Crippen LogP contribution in [-0.2, 0) is 6.18 Å². The lowest BCUT2D eigenvalue weighted by Crippen LogP contribution is -2.13. The highest BCUT2D eigenvalue weighted by Crippen LogP contribution is 2.31. The van der Waals surface area contributed by atoms with Gasteiger partial charge in [0.05, 0.1) is 5.69 Å². The number of hydrogen-bond donors (Lipinski definition) is 0. The highest BCUT2D eigenvalue weighted by molar-refractivity contribution is 6.30. The molecule has 0 fully saturated rings. The SMILES string of the molecule is O=Cc1cc(C(F)(F)F)n(-c2cccc(Cl)c2)n1. The smallest absolute Gasteiger partial charge is 0.296 e. The van der Waals surface area contributed by atoms with Crippen LogP contribution in [0.2, 0.25) is 5.02 Å². The van der Waals surface area contributed by atoms with Gasteiger partial charge in [-0.3, -0.25) is 4.79 Å². The third kappa shape index (κ3) is 2.38. The number of hydrogen-bond acceptors (Lipinski definition) is 2. The quantitative estimate of drug-likeness (QED) is 0.787. The van der Waals surface area contributed by atoms with E-state index in [1.165, 1.54) is 24.3 Å². The number of nitrogens with zero attached hydrogens (tertiary/aromatic N) is 2. The number of halogens is 4. The number of aromatic nitrogens is 2. The zero-order chi connectivity index (χ0) is 13.3. The topological polar surface area (TPSA) is 34.9 Å². The average molecular weight is 275 g/mol. The summed E-state index contributed by atoms with van der Waals surface area (Å²) in [5.74, 6) is 0. The van der Waals surface area contributed by atoms with Crippen LogP contribution in [0.4, 0.5) is 13.2 Å². The summed E-state index contributed by atoms with van der Waals surface area (Å²) in [7, 11) is 0. The van der Waals surface area contributed by atoms with Crippen molar-refractivity contribution in [3.63, 3.8) is 0 Å². The largest absolute Gasteiger partial charge is 0.433 e. The van der Waals surface area contributed by atoms with Crippen LogP contribution >= 0.6 is 11.6 Å². The molecule has 7 heteroatoms. The van der Waals surface area contributed by atoms with Gasteiger partial charge in [-0.25, -0.2) is 4.68 Å². The lowest BCUT2D eigenvalue weighted by molar-refractivity contribution is -0.142. The first-order valence-corrected chi connectivity index (χ1v) is 5.18. The van der Waals surface area contributed by atoms with Gasteiger partial charge in [0.2, 0.25) is 0 Å². The Morgan fingerprint density at radius 1 is 1.28 bits per heavy atom. The van der Waals surface area contributed by atoms with E-state index in [2.05, 4.69) is 5.10 Å². The normalized spacial score (nSPS) is 11.6. The maximum absolute atomic E-state index is 12.8. The molecule has 0 radical (unpaired) electrons. The van der Waals surface area contributed by atoms with E-state index in [1.807, 2.05) is 0 Å². The summed E-state index contributed by atoms with van der Waals surface area (Å²) in [6.07, 6.45) is -4.34. The first-order valence-electron chi connectivity index (χ1n) is 4.80. The van der Waals surface area contributed by atoms with Crippen LogP contribution in [0.1, 0.15) is 16.2 Å². The molecule has 0 amide bonds. The standard InChI is InChI=1S/C11H6ClF3N2O/c12-7-2-1-3-9(4-7)17-10(11(13,14)15)5-8(6-18)16-17/h1-6H. The van der Waals surface area contributed by atoms with E-state index in [0.29, 0.717) is 10.7 Å². The summed E-state index contributed by atoms with van der Waals surface area (Å²) in [5.41, 5.74) is -1.17. The maximum Gasteiger partial charge on any atom is 0.433 e. The molecule has 1 aromatic carbocycles. The molecule has 0 aliphatic heterocycles. The van der Waals surface area contributed by atoms with Crippen LogP contribution in [0.15, 0.2) is 30.3 Å². The van der Waals surface area contributed by atoms with Gasteiger partial charge in [-0.2, -0.15) is 18.3 Å². The highest BCUT2D eigenvalue weighted by atomic mass is 35.5. The first-order chi connectivity index (χ1) is 8.41. The highest BCUT2D eigenvalue weighted by Gasteiger charge is 2.36. The van der Waals surface area contributed by atoms with Crippen LogP contribution in [0.3, 0.4) is 0 Å². The molecule has 0 atom stereocenters. The Hall–Kier alpha value is -1.82. The minimum atomic E-state index is -4.60. The van der Waals surface area contributed by atoms with Crippen molar-refractivity contribution in [2.45, 2.75) is 6.18 Å². The molecular formula is C11H6ClF3N2O. The minimum absolute atomic E-state index is 0.142. The first kappa shape index (κ1) is 12.6. The lowest BCUT2D eigenvalue weighted by atomic mass is 10.3. The second-order valence-corrected chi connectivity index (χ2v) is 3.90. The molecule has 0 N–H and O–H groups in total. The van der Waals surface area contributed by atoms with Crippen LogP contribution in [-0.4, -0.2) is 16.1 Å². The maximum atomic E-state index is 12.8. The molecule has 2 rings (SSSR count). The van der Waals surface area contributed by atoms with Gasteiger partial charge in [0.1, 0.15) is 11.4 Å². The number of carbonyl (C=O) groups excluding carboxylic acids is 1. The predicted octanol–water partition coefficient (Wildman–Crippen LogP) is 3.36. The molecule has 1 aromatic heterocycles. The second-order valence-electron chi connectivity index (χ2n) is 3.46. The average Bonchev–Trinajstić information content (AvgIpc) is 2.72. The Labute approximate surface area is 105 Å². The monoisotopic (exact) mass is 274 g/mol. The molecule has 94 valence electrons. The second kappa shape index (κ2) is 4.45. The summed E-state index contributed by atoms with van der Waals surface area (Å²) >= 11 is 5.71. The zero-order valence-electron chi connectivity index (χ0n) is 8.78. The Morgan fingerprint density at radius 2 is 2.00 bits per heavy atom. The Morgan fingerprint density at radius 3 is 2.56 bits per heavy atom. The van der Waals surface area contributed by atoms with Crippen molar-refractivity contribution in [1.29, 1.82) is 0 Å². The lowest BCUT2D eigenvalue weighted by Gasteiger charge is -2.10. The third-order valence-electron chi connectivity index (χ3n) is 2.19. The number of aldehydes is 1. The summed E-state index contributed by atoms with van der Waals surface area (Å²) < 4.78 is 39.0. The number of benzene rings is 1. The molecule has 1 heterocycles. The molecule has 0 aliphatic rings. The zero-order valence-corrected chi connectivity index (χ0v) is 9.53.